The van der Waals surface area contributed by atoms with Gasteiger partial charge in [-0.2, -0.15) is 0 Å². The van der Waals surface area contributed by atoms with E-state index in [1.54, 1.807) is 0 Å². The highest BCUT2D eigenvalue weighted by Crippen LogP contribution is 2.26. The van der Waals surface area contributed by atoms with Crippen molar-refractivity contribution in [2.75, 3.05) is 39.3 Å². The number of aryl methyl sites for hydroxylation is 1. The number of nitrogens with one attached hydrogen (secondary N) is 1. The third-order valence-corrected chi connectivity index (χ3v) is 4.34. The van der Waals surface area contributed by atoms with Crippen molar-refractivity contribution in [3.8, 4) is 5.75 Å². The largest absolute Gasteiger partial charge is 0.494 e. The van der Waals surface area contributed by atoms with Gasteiger partial charge in [0.2, 0.25) is 0 Å². The minimum Gasteiger partial charge on any atom is -0.494 e. The van der Waals surface area contributed by atoms with E-state index in [2.05, 4.69) is 35.3 Å². The second-order valence-corrected chi connectivity index (χ2v) is 5.96. The van der Waals surface area contributed by atoms with Gasteiger partial charge in [-0.1, -0.05) is 12.1 Å². The molecule has 0 amide bonds. The summed E-state index contributed by atoms with van der Waals surface area (Å²) < 4.78 is 5.80. The monoisotopic (exact) mass is 260 g/mol. The molecule has 1 aromatic rings. The Hall–Kier alpha value is -1.06. The first kappa shape index (κ1) is 12.9. The van der Waals surface area contributed by atoms with E-state index in [1.807, 2.05) is 6.07 Å². The predicted octanol–water partition coefficient (Wildman–Crippen LogP) is 1.92. The van der Waals surface area contributed by atoms with Crippen LogP contribution in [0.4, 0.5) is 0 Å². The van der Waals surface area contributed by atoms with Crippen LogP contribution < -0.4 is 10.1 Å². The Balaban J connectivity index is 1.35. The van der Waals surface area contributed by atoms with E-state index in [0.29, 0.717) is 0 Å². The van der Waals surface area contributed by atoms with Gasteiger partial charge >= 0.3 is 0 Å². The summed E-state index contributed by atoms with van der Waals surface area (Å²) >= 11 is 0. The molecule has 3 nitrogen and oxygen atoms in total. The summed E-state index contributed by atoms with van der Waals surface area (Å²) in [6.07, 6.45) is 1.13. The summed E-state index contributed by atoms with van der Waals surface area (Å²) in [6, 6.07) is 8.30. The molecule has 3 heteroatoms. The molecule has 104 valence electrons. The van der Waals surface area contributed by atoms with Crippen molar-refractivity contribution < 1.29 is 4.74 Å². The van der Waals surface area contributed by atoms with Crippen LogP contribution in [0, 0.1) is 18.8 Å². The number of benzene rings is 1. The van der Waals surface area contributed by atoms with Gasteiger partial charge in [-0.15, -0.1) is 0 Å². The molecule has 19 heavy (non-hydrogen) atoms. The fraction of sp³-hybridized carbons (Fsp3) is 0.625. The molecule has 0 bridgehead atoms. The van der Waals surface area contributed by atoms with Crippen LogP contribution in [0.25, 0.3) is 0 Å². The van der Waals surface area contributed by atoms with E-state index >= 15 is 0 Å². The van der Waals surface area contributed by atoms with Crippen LogP contribution in [0.5, 0.6) is 5.75 Å². The molecule has 1 aromatic carbocycles. The molecule has 3 rings (SSSR count). The molecule has 2 aliphatic rings. The van der Waals surface area contributed by atoms with Crippen molar-refractivity contribution in [1.82, 2.24) is 10.2 Å². The molecule has 2 heterocycles. The third kappa shape index (κ3) is 3.28. The molecule has 2 unspecified atom stereocenters. The van der Waals surface area contributed by atoms with E-state index in [1.165, 1.54) is 38.3 Å². The molecule has 0 saturated carbocycles. The lowest BCUT2D eigenvalue weighted by atomic mass is 10.0. The minimum absolute atomic E-state index is 0.827. The molecule has 2 atom stereocenters. The molecule has 0 spiro atoms. The maximum Gasteiger partial charge on any atom is 0.119 e. The van der Waals surface area contributed by atoms with Crippen molar-refractivity contribution in [2.45, 2.75) is 13.3 Å². The van der Waals surface area contributed by atoms with Gasteiger partial charge in [-0.25, -0.2) is 0 Å². The number of fused-ring (bicyclic) bond motifs is 1. The SMILES string of the molecule is Cc1cccc(OCCCN2CC3CNCC3C2)c1. The smallest absolute Gasteiger partial charge is 0.119 e. The Morgan fingerprint density at radius 3 is 2.79 bits per heavy atom. The molecule has 1 N–H and O–H groups in total. The van der Waals surface area contributed by atoms with Crippen molar-refractivity contribution in [1.29, 1.82) is 0 Å². The lowest BCUT2D eigenvalue weighted by Gasteiger charge is -2.16. The van der Waals surface area contributed by atoms with Crippen LogP contribution in [0.15, 0.2) is 24.3 Å². The Kier molecular flexibility index (Phi) is 4.04. The zero-order chi connectivity index (χ0) is 13.1. The van der Waals surface area contributed by atoms with Gasteiger partial charge in [0.15, 0.2) is 0 Å². The van der Waals surface area contributed by atoms with Gasteiger partial charge in [0.25, 0.3) is 0 Å². The number of nitrogens with zero attached hydrogens (tertiary/aromatic N) is 1. The Bertz CT molecular complexity index is 409. The summed E-state index contributed by atoms with van der Waals surface area (Å²) in [5.74, 6) is 2.80. The predicted molar refractivity (Wildman–Crippen MR) is 77.6 cm³/mol. The van der Waals surface area contributed by atoms with Gasteiger partial charge in [-0.3, -0.25) is 0 Å². The van der Waals surface area contributed by atoms with Gasteiger partial charge in [0, 0.05) is 19.6 Å². The van der Waals surface area contributed by atoms with Crippen molar-refractivity contribution in [3.63, 3.8) is 0 Å². The molecular weight excluding hydrogens is 236 g/mol. The second-order valence-electron chi connectivity index (χ2n) is 5.96. The highest BCUT2D eigenvalue weighted by Gasteiger charge is 2.35. The lowest BCUT2D eigenvalue weighted by molar-refractivity contribution is 0.254. The van der Waals surface area contributed by atoms with Gasteiger partial charge in [-0.05, 0) is 56.0 Å². The maximum absolute atomic E-state index is 5.80. The van der Waals surface area contributed by atoms with E-state index in [9.17, 15) is 0 Å². The Morgan fingerprint density at radius 1 is 1.26 bits per heavy atom. The highest BCUT2D eigenvalue weighted by molar-refractivity contribution is 5.27. The zero-order valence-corrected chi connectivity index (χ0v) is 11.8. The van der Waals surface area contributed by atoms with Crippen LogP contribution in [-0.4, -0.2) is 44.2 Å². The highest BCUT2D eigenvalue weighted by atomic mass is 16.5. The quantitative estimate of drug-likeness (QED) is 0.819. The molecular formula is C16H24N2O. The van der Waals surface area contributed by atoms with Crippen molar-refractivity contribution in [2.24, 2.45) is 11.8 Å². The molecule has 2 saturated heterocycles. The second kappa shape index (κ2) is 5.93. The minimum atomic E-state index is 0.827. The summed E-state index contributed by atoms with van der Waals surface area (Å²) in [7, 11) is 0. The molecule has 0 aromatic heterocycles. The number of hydrogen-bond donors (Lipinski definition) is 1. The summed E-state index contributed by atoms with van der Waals surface area (Å²) in [4.78, 5) is 2.61. The van der Waals surface area contributed by atoms with Gasteiger partial charge < -0.3 is 15.0 Å². The molecule has 2 fully saturated rings. The number of ether oxygens (including phenoxy) is 1. The summed E-state index contributed by atoms with van der Waals surface area (Å²) in [5.41, 5.74) is 1.26. The first-order valence-corrected chi connectivity index (χ1v) is 7.44. The summed E-state index contributed by atoms with van der Waals surface area (Å²) in [6.45, 7) is 9.11. The van der Waals surface area contributed by atoms with Gasteiger partial charge in [0.1, 0.15) is 5.75 Å². The van der Waals surface area contributed by atoms with Crippen LogP contribution >= 0.6 is 0 Å². The topological polar surface area (TPSA) is 24.5 Å². The normalized spacial score (nSPS) is 26.6. The van der Waals surface area contributed by atoms with Crippen molar-refractivity contribution >= 4 is 0 Å². The fourth-order valence-electron chi connectivity index (χ4n) is 3.32. The van der Waals surface area contributed by atoms with Gasteiger partial charge in [0.05, 0.1) is 6.61 Å². The van der Waals surface area contributed by atoms with Crippen LogP contribution in [0.3, 0.4) is 0 Å². The standard InChI is InChI=1S/C16H24N2O/c1-13-4-2-5-16(8-13)19-7-3-6-18-11-14-9-17-10-15(14)12-18/h2,4-5,8,14-15,17H,3,6-7,9-12H2,1H3. The average molecular weight is 260 g/mol. The van der Waals surface area contributed by atoms with Crippen LogP contribution in [0.1, 0.15) is 12.0 Å². The Morgan fingerprint density at radius 2 is 2.05 bits per heavy atom. The van der Waals surface area contributed by atoms with E-state index < -0.39 is 0 Å². The average Bonchev–Trinajstić information content (AvgIpc) is 2.95. The Labute approximate surface area is 115 Å². The fourth-order valence-corrected chi connectivity index (χ4v) is 3.32. The first-order valence-electron chi connectivity index (χ1n) is 7.44. The van der Waals surface area contributed by atoms with E-state index in [0.717, 1.165) is 30.6 Å². The van der Waals surface area contributed by atoms with Crippen molar-refractivity contribution in [3.05, 3.63) is 29.8 Å². The third-order valence-electron chi connectivity index (χ3n) is 4.34. The van der Waals surface area contributed by atoms with E-state index in [4.69, 9.17) is 4.74 Å². The molecule has 2 aliphatic heterocycles. The lowest BCUT2D eigenvalue weighted by Crippen LogP contribution is -2.27. The van der Waals surface area contributed by atoms with Crippen LogP contribution in [0.2, 0.25) is 0 Å². The molecule has 0 radical (unpaired) electrons. The zero-order valence-electron chi connectivity index (χ0n) is 11.8. The summed E-state index contributed by atoms with van der Waals surface area (Å²) in [5, 5.41) is 3.49. The first-order chi connectivity index (χ1) is 9.31. The number of likely N-dealkylation sites (tertiary alicyclic amines) is 1. The van der Waals surface area contributed by atoms with E-state index in [-0.39, 0.29) is 0 Å². The molecule has 0 aliphatic carbocycles. The maximum atomic E-state index is 5.80. The number of hydrogen-bond acceptors (Lipinski definition) is 3. The number of rotatable bonds is 5. The van der Waals surface area contributed by atoms with Crippen LogP contribution in [-0.2, 0) is 0 Å².